The van der Waals surface area contributed by atoms with Crippen LogP contribution in [0.1, 0.15) is 22.4 Å². The predicted molar refractivity (Wildman–Crippen MR) is 96.5 cm³/mol. The van der Waals surface area contributed by atoms with Crippen molar-refractivity contribution in [3.05, 3.63) is 64.8 Å². The van der Waals surface area contributed by atoms with Crippen molar-refractivity contribution in [3.63, 3.8) is 0 Å². The highest BCUT2D eigenvalue weighted by Crippen LogP contribution is 2.30. The fraction of sp³-hybridized carbons (Fsp3) is 0.105. The molecule has 136 valence electrons. The monoisotopic (exact) mass is 369 g/mol. The van der Waals surface area contributed by atoms with Crippen LogP contribution in [0.2, 0.25) is 0 Å². The number of nitrogens with one attached hydrogen (secondary N) is 2. The van der Waals surface area contributed by atoms with Crippen LogP contribution < -0.4 is 5.32 Å². The van der Waals surface area contributed by atoms with Crippen molar-refractivity contribution < 1.29 is 13.2 Å². The van der Waals surface area contributed by atoms with Crippen LogP contribution >= 0.6 is 0 Å². The van der Waals surface area contributed by atoms with Gasteiger partial charge in [-0.2, -0.15) is 18.4 Å². The van der Waals surface area contributed by atoms with E-state index >= 15 is 0 Å². The van der Waals surface area contributed by atoms with Gasteiger partial charge in [0.15, 0.2) is 5.69 Å². The van der Waals surface area contributed by atoms with E-state index in [9.17, 15) is 13.2 Å². The molecule has 0 aliphatic heterocycles. The van der Waals surface area contributed by atoms with Crippen LogP contribution in [-0.2, 0) is 6.18 Å². The third kappa shape index (κ3) is 3.98. The average molecular weight is 369 g/mol. The Kier molecular flexibility index (Phi) is 4.94. The molecule has 27 heavy (non-hydrogen) atoms. The lowest BCUT2D eigenvalue weighted by Crippen LogP contribution is -2.04. The number of anilines is 1. The van der Waals surface area contributed by atoms with E-state index in [-0.39, 0.29) is 5.69 Å². The van der Waals surface area contributed by atoms with Gasteiger partial charge in [-0.3, -0.25) is 0 Å². The Balaban J connectivity index is 1.98. The lowest BCUT2D eigenvalue weighted by molar-refractivity contribution is -0.137. The molecule has 5 nitrogen and oxygen atoms in total. The van der Waals surface area contributed by atoms with Crippen LogP contribution in [0.5, 0.6) is 0 Å². The van der Waals surface area contributed by atoms with E-state index < -0.39 is 11.7 Å². The van der Waals surface area contributed by atoms with Gasteiger partial charge in [-0.25, -0.2) is 5.10 Å². The van der Waals surface area contributed by atoms with Crippen molar-refractivity contribution in [2.75, 3.05) is 12.4 Å². The Morgan fingerprint density at radius 1 is 1.15 bits per heavy atom. The van der Waals surface area contributed by atoms with Gasteiger partial charge in [0.2, 0.25) is 0 Å². The largest absolute Gasteiger partial charge is 0.416 e. The van der Waals surface area contributed by atoms with Gasteiger partial charge in [-0.15, -0.1) is 5.10 Å². The fourth-order valence-electron chi connectivity index (χ4n) is 2.59. The van der Waals surface area contributed by atoms with Crippen molar-refractivity contribution in [3.8, 4) is 17.3 Å². The Morgan fingerprint density at radius 2 is 1.96 bits per heavy atom. The first-order chi connectivity index (χ1) is 12.9. The van der Waals surface area contributed by atoms with Gasteiger partial charge < -0.3 is 5.32 Å². The topological polar surface area (TPSA) is 77.4 Å². The summed E-state index contributed by atoms with van der Waals surface area (Å²) in [5, 5.41) is 22.2. The molecule has 0 aliphatic rings. The standard InChI is InChI=1S/C19H14F3N5/c1-24-16-8-7-14(18-17(11-23)25-27-26-18)10-13(16)6-5-12-3-2-4-15(9-12)19(20,21)22/h2-10,24H,1H3,(H,25,26,27)/b6-5+. The molecule has 2 aromatic carbocycles. The highest BCUT2D eigenvalue weighted by molar-refractivity contribution is 5.80. The maximum Gasteiger partial charge on any atom is 0.416 e. The molecule has 0 saturated carbocycles. The molecular weight excluding hydrogens is 355 g/mol. The summed E-state index contributed by atoms with van der Waals surface area (Å²) >= 11 is 0. The summed E-state index contributed by atoms with van der Waals surface area (Å²) in [6.45, 7) is 0. The van der Waals surface area contributed by atoms with Crippen LogP contribution in [0.25, 0.3) is 23.4 Å². The van der Waals surface area contributed by atoms with Crippen LogP contribution in [0, 0.1) is 11.3 Å². The van der Waals surface area contributed by atoms with E-state index in [0.717, 1.165) is 23.4 Å². The molecule has 8 heteroatoms. The number of benzene rings is 2. The van der Waals surface area contributed by atoms with E-state index in [2.05, 4.69) is 20.7 Å². The molecule has 2 N–H and O–H groups in total. The third-order valence-corrected chi connectivity index (χ3v) is 3.92. The van der Waals surface area contributed by atoms with Gasteiger partial charge in [-0.1, -0.05) is 35.6 Å². The molecule has 0 fully saturated rings. The zero-order chi connectivity index (χ0) is 19.4. The van der Waals surface area contributed by atoms with E-state index in [1.165, 1.54) is 6.07 Å². The first kappa shape index (κ1) is 18.2. The summed E-state index contributed by atoms with van der Waals surface area (Å²) in [5.74, 6) is 0. The van der Waals surface area contributed by atoms with Gasteiger partial charge in [0.05, 0.1) is 5.56 Å². The zero-order valence-electron chi connectivity index (χ0n) is 14.2. The average Bonchev–Trinajstić information content (AvgIpc) is 3.14. The second kappa shape index (κ2) is 7.33. The highest BCUT2D eigenvalue weighted by atomic mass is 19.4. The minimum Gasteiger partial charge on any atom is -0.388 e. The second-order valence-electron chi connectivity index (χ2n) is 5.66. The molecule has 0 unspecified atom stereocenters. The van der Waals surface area contributed by atoms with Gasteiger partial charge >= 0.3 is 6.18 Å². The molecule has 1 aromatic heterocycles. The maximum absolute atomic E-state index is 12.9. The van der Waals surface area contributed by atoms with Crippen LogP contribution in [0.15, 0.2) is 42.5 Å². The molecule has 3 aromatic rings. The molecule has 0 atom stereocenters. The summed E-state index contributed by atoms with van der Waals surface area (Å²) in [6.07, 6.45) is -1.08. The quantitative estimate of drug-likeness (QED) is 0.660. The lowest BCUT2D eigenvalue weighted by Gasteiger charge is -2.08. The number of H-pyrrole nitrogens is 1. The molecular formula is C19H14F3N5. The Labute approximate surface area is 153 Å². The Hall–Kier alpha value is -3.60. The SMILES string of the molecule is CNc1ccc(-c2nn[nH]c2C#N)cc1/C=C/c1cccc(C(F)(F)F)c1. The Bertz CT molecular complexity index is 1030. The van der Waals surface area contributed by atoms with Gasteiger partial charge in [0, 0.05) is 18.3 Å². The normalized spacial score (nSPS) is 11.5. The van der Waals surface area contributed by atoms with Crippen molar-refractivity contribution >= 4 is 17.8 Å². The second-order valence-corrected chi connectivity index (χ2v) is 5.66. The molecule has 1 heterocycles. The predicted octanol–water partition coefficient (Wildman–Crippen LogP) is 4.57. The first-order valence-corrected chi connectivity index (χ1v) is 7.91. The fourth-order valence-corrected chi connectivity index (χ4v) is 2.59. The van der Waals surface area contributed by atoms with Crippen molar-refractivity contribution in [2.45, 2.75) is 6.18 Å². The van der Waals surface area contributed by atoms with E-state index in [1.54, 1.807) is 43.5 Å². The number of hydrogen-bond donors (Lipinski definition) is 2. The molecule has 0 spiro atoms. The number of nitrogens with zero attached hydrogens (tertiary/aromatic N) is 3. The summed E-state index contributed by atoms with van der Waals surface area (Å²) in [7, 11) is 1.74. The number of halogens is 3. The van der Waals surface area contributed by atoms with Crippen LogP contribution in [-0.4, -0.2) is 22.5 Å². The minimum absolute atomic E-state index is 0.236. The third-order valence-electron chi connectivity index (χ3n) is 3.92. The lowest BCUT2D eigenvalue weighted by atomic mass is 10.0. The highest BCUT2D eigenvalue weighted by Gasteiger charge is 2.30. The number of hydrogen-bond acceptors (Lipinski definition) is 4. The van der Waals surface area contributed by atoms with Crippen molar-refractivity contribution in [2.24, 2.45) is 0 Å². The van der Waals surface area contributed by atoms with E-state index in [4.69, 9.17) is 5.26 Å². The van der Waals surface area contributed by atoms with Crippen molar-refractivity contribution in [1.82, 2.24) is 15.4 Å². The first-order valence-electron chi connectivity index (χ1n) is 7.91. The summed E-state index contributed by atoms with van der Waals surface area (Å²) < 4.78 is 38.6. The summed E-state index contributed by atoms with van der Waals surface area (Å²) in [5.41, 5.74) is 2.56. The zero-order valence-corrected chi connectivity index (χ0v) is 14.2. The molecule has 0 radical (unpaired) electrons. The molecule has 0 bridgehead atoms. The number of aromatic nitrogens is 3. The summed E-state index contributed by atoms with van der Waals surface area (Å²) in [4.78, 5) is 0. The number of nitriles is 1. The molecule has 0 amide bonds. The van der Waals surface area contributed by atoms with Crippen LogP contribution in [0.4, 0.5) is 18.9 Å². The minimum atomic E-state index is -4.39. The van der Waals surface area contributed by atoms with Gasteiger partial charge in [-0.05, 0) is 35.4 Å². The maximum atomic E-state index is 12.9. The van der Waals surface area contributed by atoms with E-state index in [1.807, 2.05) is 6.07 Å². The van der Waals surface area contributed by atoms with Gasteiger partial charge in [0.1, 0.15) is 11.8 Å². The number of rotatable bonds is 4. The smallest absolute Gasteiger partial charge is 0.388 e. The van der Waals surface area contributed by atoms with Crippen LogP contribution in [0.3, 0.4) is 0 Å². The van der Waals surface area contributed by atoms with Gasteiger partial charge in [0.25, 0.3) is 0 Å². The number of alkyl halides is 3. The summed E-state index contributed by atoms with van der Waals surface area (Å²) in [6, 6.07) is 12.4. The number of aromatic amines is 1. The van der Waals surface area contributed by atoms with E-state index in [0.29, 0.717) is 16.8 Å². The molecule has 3 rings (SSSR count). The Morgan fingerprint density at radius 3 is 2.67 bits per heavy atom. The molecule has 0 aliphatic carbocycles. The molecule has 0 saturated heterocycles. The van der Waals surface area contributed by atoms with Crippen molar-refractivity contribution in [1.29, 1.82) is 5.26 Å².